The topological polar surface area (TPSA) is 18.5 Å². The summed E-state index contributed by atoms with van der Waals surface area (Å²) in [7, 11) is 0. The second kappa shape index (κ2) is 12.8. The lowest BCUT2D eigenvalue weighted by molar-refractivity contribution is -0.187. The van der Waals surface area contributed by atoms with Gasteiger partial charge in [-0.3, -0.25) is 0 Å². The highest BCUT2D eigenvalue weighted by atomic mass is 19.3. The lowest BCUT2D eigenvalue weighted by Gasteiger charge is -2.38. The predicted octanol–water partition coefficient (Wildman–Crippen LogP) is 10.1. The van der Waals surface area contributed by atoms with Gasteiger partial charge in [0, 0.05) is 12.1 Å². The quantitative estimate of drug-likeness (QED) is 0.269. The van der Waals surface area contributed by atoms with Crippen LogP contribution in [0, 0.1) is 35.2 Å². The van der Waals surface area contributed by atoms with Crippen LogP contribution >= 0.6 is 0 Å². The maximum atomic E-state index is 14.9. The van der Waals surface area contributed by atoms with Gasteiger partial charge in [-0.2, -0.15) is 17.6 Å². The Morgan fingerprint density at radius 3 is 1.95 bits per heavy atom. The van der Waals surface area contributed by atoms with Crippen LogP contribution in [0.3, 0.4) is 0 Å². The minimum Gasteiger partial charge on any atom is -0.429 e. The van der Waals surface area contributed by atoms with Crippen molar-refractivity contribution in [1.29, 1.82) is 0 Å². The molecule has 0 aliphatic heterocycles. The fourth-order valence-corrected chi connectivity index (χ4v) is 6.39. The van der Waals surface area contributed by atoms with E-state index in [2.05, 4.69) is 16.4 Å². The van der Waals surface area contributed by atoms with E-state index in [0.29, 0.717) is 11.5 Å². The monoisotopic (exact) mass is 560 g/mol. The second-order valence-electron chi connectivity index (χ2n) is 11.0. The molecule has 2 aromatic rings. The minimum atomic E-state index is -4.26. The van der Waals surface area contributed by atoms with Crippen molar-refractivity contribution >= 4 is 0 Å². The Labute approximate surface area is 224 Å². The normalized spacial score (nSPS) is 24.1. The molecule has 2 aliphatic rings. The van der Waals surface area contributed by atoms with E-state index in [1.54, 1.807) is 0 Å². The highest BCUT2D eigenvalue weighted by molar-refractivity contribution is 5.36. The van der Waals surface area contributed by atoms with E-state index in [0.717, 1.165) is 49.7 Å². The Balaban J connectivity index is 1.35. The summed E-state index contributed by atoms with van der Waals surface area (Å²) < 4.78 is 105. The van der Waals surface area contributed by atoms with Crippen LogP contribution in [-0.4, -0.2) is 6.61 Å². The third kappa shape index (κ3) is 7.40. The van der Waals surface area contributed by atoms with Gasteiger partial charge in [-0.15, -0.1) is 0 Å². The highest BCUT2D eigenvalue weighted by Crippen LogP contribution is 2.45. The van der Waals surface area contributed by atoms with Gasteiger partial charge in [0.2, 0.25) is 0 Å². The number of halogens is 7. The van der Waals surface area contributed by atoms with Gasteiger partial charge < -0.3 is 9.47 Å². The van der Waals surface area contributed by atoms with E-state index >= 15 is 0 Å². The number of rotatable bonds is 10. The fraction of sp³-hybridized carbons (Fsp3) is 0.600. The molecule has 0 N–H and O–H groups in total. The van der Waals surface area contributed by atoms with Crippen molar-refractivity contribution < 1.29 is 40.2 Å². The Hall–Kier alpha value is -2.45. The number of alkyl halides is 4. The average molecular weight is 561 g/mol. The molecule has 39 heavy (non-hydrogen) atoms. The molecule has 2 aromatic carbocycles. The van der Waals surface area contributed by atoms with Gasteiger partial charge in [0.15, 0.2) is 17.4 Å². The van der Waals surface area contributed by atoms with E-state index < -0.39 is 47.2 Å². The van der Waals surface area contributed by atoms with Crippen molar-refractivity contribution in [3.8, 4) is 11.5 Å². The Morgan fingerprint density at radius 2 is 1.41 bits per heavy atom. The van der Waals surface area contributed by atoms with Gasteiger partial charge in [0.05, 0.1) is 5.56 Å². The number of hydrogen-bond acceptors (Lipinski definition) is 2. The van der Waals surface area contributed by atoms with Gasteiger partial charge in [-0.1, -0.05) is 45.1 Å². The summed E-state index contributed by atoms with van der Waals surface area (Å²) in [4.78, 5) is 0. The molecule has 0 bridgehead atoms. The van der Waals surface area contributed by atoms with Gasteiger partial charge in [-0.05, 0) is 79.9 Å². The minimum absolute atomic E-state index is 0.0748. The van der Waals surface area contributed by atoms with E-state index in [-0.39, 0.29) is 18.1 Å². The third-order valence-electron chi connectivity index (χ3n) is 8.50. The zero-order valence-electron chi connectivity index (χ0n) is 22.0. The lowest BCUT2D eigenvalue weighted by Crippen LogP contribution is -2.26. The van der Waals surface area contributed by atoms with Gasteiger partial charge in [0.25, 0.3) is 0 Å². The van der Waals surface area contributed by atoms with Crippen molar-refractivity contribution in [2.24, 2.45) is 17.8 Å². The van der Waals surface area contributed by atoms with Crippen LogP contribution < -0.4 is 9.47 Å². The Kier molecular flexibility index (Phi) is 9.70. The van der Waals surface area contributed by atoms with Crippen molar-refractivity contribution in [3.63, 3.8) is 0 Å². The van der Waals surface area contributed by atoms with E-state index in [4.69, 9.17) is 0 Å². The van der Waals surface area contributed by atoms with Crippen LogP contribution in [0.5, 0.6) is 11.5 Å². The average Bonchev–Trinajstić information content (AvgIpc) is 2.89. The first-order valence-electron chi connectivity index (χ1n) is 13.9. The standard InChI is InChI=1S/C30H35F7O2/c1-2-3-4-18-5-7-19(8-6-18)20-9-11-21(12-10-20)22-13-14-24(25(31)15-22)30(36,37)39-23-16-26(32)28(27(33)17-23)38-29(34)35/h13-21,29H,2-12H2,1H3/t18-,19-,20-,21-. The zero-order valence-corrected chi connectivity index (χ0v) is 22.0. The summed E-state index contributed by atoms with van der Waals surface area (Å²) >= 11 is 0. The van der Waals surface area contributed by atoms with Gasteiger partial charge in [0.1, 0.15) is 11.6 Å². The summed E-state index contributed by atoms with van der Waals surface area (Å²) in [6.07, 6.45) is 8.60. The molecule has 2 fully saturated rings. The molecule has 0 amide bonds. The van der Waals surface area contributed by atoms with Crippen LogP contribution in [0.4, 0.5) is 30.7 Å². The summed E-state index contributed by atoms with van der Waals surface area (Å²) in [5.74, 6) is -4.59. The summed E-state index contributed by atoms with van der Waals surface area (Å²) in [5, 5.41) is 0. The van der Waals surface area contributed by atoms with E-state index in [1.807, 2.05) is 0 Å². The van der Waals surface area contributed by atoms with Crippen molar-refractivity contribution in [2.75, 3.05) is 0 Å². The number of ether oxygens (including phenoxy) is 2. The molecule has 216 valence electrons. The SMILES string of the molecule is CCCC[C@H]1CC[C@H]([C@H]2CC[C@H](c3ccc(C(F)(F)Oc4cc(F)c(OC(F)F)c(F)c4)c(F)c3)CC2)CC1. The molecule has 0 radical (unpaired) electrons. The van der Waals surface area contributed by atoms with Crippen LogP contribution in [0.15, 0.2) is 30.3 Å². The van der Waals surface area contributed by atoms with Crippen LogP contribution in [0.1, 0.15) is 94.6 Å². The maximum absolute atomic E-state index is 14.9. The molecule has 4 rings (SSSR count). The van der Waals surface area contributed by atoms with Crippen LogP contribution in [-0.2, 0) is 6.11 Å². The zero-order chi connectivity index (χ0) is 28.2. The number of benzene rings is 2. The van der Waals surface area contributed by atoms with Crippen LogP contribution in [0.25, 0.3) is 0 Å². The largest absolute Gasteiger partial charge is 0.429 e. The Morgan fingerprint density at radius 1 is 0.821 bits per heavy atom. The molecule has 2 nitrogen and oxygen atoms in total. The molecule has 0 aromatic heterocycles. The summed E-state index contributed by atoms with van der Waals surface area (Å²) in [6, 6.07) is 4.00. The number of unbranched alkanes of at least 4 members (excludes halogenated alkanes) is 1. The first-order valence-corrected chi connectivity index (χ1v) is 13.9. The van der Waals surface area contributed by atoms with Crippen molar-refractivity contribution in [1.82, 2.24) is 0 Å². The van der Waals surface area contributed by atoms with Gasteiger partial charge in [-0.25, -0.2) is 13.2 Å². The second-order valence-corrected chi connectivity index (χ2v) is 11.0. The molecule has 0 heterocycles. The van der Waals surface area contributed by atoms with E-state index in [1.165, 1.54) is 51.0 Å². The molecule has 9 heteroatoms. The molecule has 0 atom stereocenters. The third-order valence-corrected chi connectivity index (χ3v) is 8.50. The first kappa shape index (κ1) is 29.5. The molecule has 0 spiro atoms. The molecular formula is C30H35F7O2. The highest BCUT2D eigenvalue weighted by Gasteiger charge is 2.39. The number of hydrogen-bond donors (Lipinski definition) is 0. The van der Waals surface area contributed by atoms with Crippen molar-refractivity contribution in [3.05, 3.63) is 58.9 Å². The summed E-state index contributed by atoms with van der Waals surface area (Å²) in [5.41, 5.74) is -0.451. The van der Waals surface area contributed by atoms with Crippen LogP contribution in [0.2, 0.25) is 0 Å². The smallest absolute Gasteiger partial charge is 0.429 e. The molecular weight excluding hydrogens is 525 g/mol. The molecule has 2 saturated carbocycles. The Bertz CT molecular complexity index is 1070. The fourth-order valence-electron chi connectivity index (χ4n) is 6.39. The first-order chi connectivity index (χ1) is 18.6. The van der Waals surface area contributed by atoms with Crippen molar-refractivity contribution in [2.45, 2.75) is 96.2 Å². The molecule has 2 aliphatic carbocycles. The predicted molar refractivity (Wildman–Crippen MR) is 134 cm³/mol. The summed E-state index contributed by atoms with van der Waals surface area (Å²) in [6.45, 7) is -1.29. The lowest BCUT2D eigenvalue weighted by atomic mass is 9.68. The van der Waals surface area contributed by atoms with E-state index in [9.17, 15) is 30.7 Å². The molecule has 0 saturated heterocycles. The molecule has 0 unspecified atom stereocenters. The van der Waals surface area contributed by atoms with Gasteiger partial charge >= 0.3 is 12.7 Å². The maximum Gasteiger partial charge on any atom is 0.429 e.